The predicted molar refractivity (Wildman–Crippen MR) is 107 cm³/mol. The molecule has 6 nitrogen and oxygen atoms in total. The number of nitrogens with zero attached hydrogens (tertiary/aromatic N) is 2. The number of ketones is 1. The highest BCUT2D eigenvalue weighted by Crippen LogP contribution is 2.26. The molecule has 0 aliphatic rings. The van der Waals surface area contributed by atoms with E-state index in [-0.39, 0.29) is 11.3 Å². The van der Waals surface area contributed by atoms with Crippen LogP contribution in [0.25, 0.3) is 11.6 Å². The van der Waals surface area contributed by atoms with Gasteiger partial charge in [0.25, 0.3) is 0 Å². The summed E-state index contributed by atoms with van der Waals surface area (Å²) in [5.74, 6) is 0.0269. The van der Waals surface area contributed by atoms with Crippen molar-refractivity contribution in [2.75, 3.05) is 6.26 Å². The summed E-state index contributed by atoms with van der Waals surface area (Å²) < 4.78 is 10.8. The van der Waals surface area contributed by atoms with Gasteiger partial charge in [-0.15, -0.1) is 11.8 Å². The Hall–Kier alpha value is -2.93. The van der Waals surface area contributed by atoms with Crippen LogP contribution in [-0.2, 0) is 4.74 Å². The molecule has 2 heterocycles. The highest BCUT2D eigenvalue weighted by molar-refractivity contribution is 7.98. The molecule has 0 bridgehead atoms. The minimum absolute atomic E-state index is 0.256. The van der Waals surface area contributed by atoms with Crippen molar-refractivity contribution >= 4 is 23.5 Å². The van der Waals surface area contributed by atoms with Crippen LogP contribution in [0.1, 0.15) is 38.9 Å². The monoisotopic (exact) mass is 396 g/mol. The fraction of sp³-hybridized carbons (Fsp3) is 0.238. The Labute approximate surface area is 167 Å². The summed E-state index contributed by atoms with van der Waals surface area (Å²) in [6, 6.07) is 10.6. The topological polar surface area (TPSA) is 82.3 Å². The zero-order valence-electron chi connectivity index (χ0n) is 16.1. The highest BCUT2D eigenvalue weighted by atomic mass is 32.2. The molecule has 3 rings (SSSR count). The van der Waals surface area contributed by atoms with E-state index < -0.39 is 12.1 Å². The number of aromatic nitrogens is 2. The van der Waals surface area contributed by atoms with E-state index in [1.165, 1.54) is 18.0 Å². The predicted octanol–water partition coefficient (Wildman–Crippen LogP) is 4.50. The molecule has 1 unspecified atom stereocenters. The Kier molecular flexibility index (Phi) is 5.94. The lowest BCUT2D eigenvalue weighted by Crippen LogP contribution is -2.25. The van der Waals surface area contributed by atoms with Gasteiger partial charge in [-0.1, -0.05) is 29.8 Å². The summed E-state index contributed by atoms with van der Waals surface area (Å²) in [6.07, 6.45) is 2.42. The molecule has 1 aromatic carbocycles. The summed E-state index contributed by atoms with van der Waals surface area (Å²) in [5.41, 5.74) is 2.27. The third-order valence-electron chi connectivity index (χ3n) is 4.18. The van der Waals surface area contributed by atoms with Crippen LogP contribution in [0.3, 0.4) is 0 Å². The largest absolute Gasteiger partial charge is 0.461 e. The third-order valence-corrected chi connectivity index (χ3v) is 4.87. The number of hydrogen-bond acceptors (Lipinski definition) is 7. The molecule has 7 heteroatoms. The van der Waals surface area contributed by atoms with E-state index in [4.69, 9.17) is 9.15 Å². The average molecular weight is 396 g/mol. The minimum Gasteiger partial charge on any atom is -0.461 e. The Morgan fingerprint density at radius 1 is 1.11 bits per heavy atom. The number of carbonyl (C=O) groups excluding carboxylic acids is 2. The molecule has 0 saturated heterocycles. The van der Waals surface area contributed by atoms with Gasteiger partial charge in [0.05, 0.1) is 12.0 Å². The smallest absolute Gasteiger partial charge is 0.343 e. The van der Waals surface area contributed by atoms with Crippen LogP contribution in [0.2, 0.25) is 0 Å². The van der Waals surface area contributed by atoms with Gasteiger partial charge in [0.1, 0.15) is 10.6 Å². The van der Waals surface area contributed by atoms with Crippen LogP contribution >= 0.6 is 11.8 Å². The Bertz CT molecular complexity index is 998. The molecule has 0 spiro atoms. The molecule has 0 amide bonds. The number of carbonyl (C=O) groups is 2. The summed E-state index contributed by atoms with van der Waals surface area (Å²) in [4.78, 5) is 34.1. The van der Waals surface area contributed by atoms with E-state index in [0.717, 1.165) is 5.56 Å². The number of ether oxygens (including phenoxy) is 1. The van der Waals surface area contributed by atoms with Gasteiger partial charge in [-0.25, -0.2) is 14.8 Å². The van der Waals surface area contributed by atoms with Crippen LogP contribution in [0.15, 0.2) is 52.1 Å². The normalized spacial score (nSPS) is 11.9. The number of rotatable bonds is 6. The summed E-state index contributed by atoms with van der Waals surface area (Å²) in [7, 11) is 0. The zero-order valence-corrected chi connectivity index (χ0v) is 16.9. The second-order valence-corrected chi connectivity index (χ2v) is 7.07. The standard InChI is InChI=1S/C21H20N2O4S/c1-12-7-9-15(10-8-12)18(24)14(3)27-21(25)17-13(2)22-19(23-20(17)28-4)16-6-5-11-26-16/h5-11,14H,1-4H3. The lowest BCUT2D eigenvalue weighted by atomic mass is 10.1. The molecule has 1 atom stereocenters. The fourth-order valence-electron chi connectivity index (χ4n) is 2.67. The van der Waals surface area contributed by atoms with Crippen molar-refractivity contribution in [3.63, 3.8) is 0 Å². The van der Waals surface area contributed by atoms with Gasteiger partial charge in [-0.2, -0.15) is 0 Å². The number of benzene rings is 1. The number of Topliss-reactive ketones (excluding diaryl/α,β-unsaturated/α-hetero) is 1. The number of furan rings is 1. The quantitative estimate of drug-likeness (QED) is 0.262. The molecule has 0 saturated carbocycles. The molecule has 2 aromatic heterocycles. The average Bonchev–Trinajstić information content (AvgIpc) is 3.22. The third kappa shape index (κ3) is 4.14. The molecule has 144 valence electrons. The highest BCUT2D eigenvalue weighted by Gasteiger charge is 2.25. The van der Waals surface area contributed by atoms with Gasteiger partial charge in [0.2, 0.25) is 5.78 Å². The lowest BCUT2D eigenvalue weighted by molar-refractivity contribution is 0.0313. The molecule has 0 aliphatic carbocycles. The second-order valence-electron chi connectivity index (χ2n) is 6.27. The van der Waals surface area contributed by atoms with E-state index in [9.17, 15) is 9.59 Å². The van der Waals surface area contributed by atoms with E-state index in [0.29, 0.717) is 27.9 Å². The summed E-state index contributed by atoms with van der Waals surface area (Å²) in [5, 5.41) is 0.471. The first kappa shape index (κ1) is 19.8. The lowest BCUT2D eigenvalue weighted by Gasteiger charge is -2.15. The fourth-order valence-corrected chi connectivity index (χ4v) is 3.28. The van der Waals surface area contributed by atoms with E-state index in [2.05, 4.69) is 9.97 Å². The Morgan fingerprint density at radius 2 is 1.82 bits per heavy atom. The van der Waals surface area contributed by atoms with Gasteiger partial charge in [-0.05, 0) is 39.2 Å². The molecule has 0 N–H and O–H groups in total. The van der Waals surface area contributed by atoms with Crippen molar-refractivity contribution < 1.29 is 18.7 Å². The maximum atomic E-state index is 12.8. The van der Waals surface area contributed by atoms with Crippen molar-refractivity contribution in [1.82, 2.24) is 9.97 Å². The van der Waals surface area contributed by atoms with Crippen LogP contribution in [0, 0.1) is 13.8 Å². The van der Waals surface area contributed by atoms with Gasteiger partial charge < -0.3 is 9.15 Å². The van der Waals surface area contributed by atoms with Crippen LogP contribution in [0.4, 0.5) is 0 Å². The molecular formula is C21H20N2O4S. The number of thioether (sulfide) groups is 1. The van der Waals surface area contributed by atoms with Crippen LogP contribution in [0.5, 0.6) is 0 Å². The maximum Gasteiger partial charge on any atom is 0.343 e. The van der Waals surface area contributed by atoms with Gasteiger partial charge in [-0.3, -0.25) is 4.79 Å². The first-order chi connectivity index (χ1) is 13.4. The van der Waals surface area contributed by atoms with Gasteiger partial charge in [0.15, 0.2) is 17.7 Å². The number of esters is 1. The maximum absolute atomic E-state index is 12.8. The number of aryl methyl sites for hydroxylation is 2. The van der Waals surface area contributed by atoms with Gasteiger partial charge >= 0.3 is 5.97 Å². The first-order valence-electron chi connectivity index (χ1n) is 8.69. The van der Waals surface area contributed by atoms with Crippen molar-refractivity contribution in [2.45, 2.75) is 31.9 Å². The van der Waals surface area contributed by atoms with Crippen molar-refractivity contribution in [3.05, 3.63) is 65.0 Å². The Balaban J connectivity index is 1.83. The summed E-state index contributed by atoms with van der Waals surface area (Å²) in [6.45, 7) is 5.21. The van der Waals surface area contributed by atoms with E-state index in [1.54, 1.807) is 38.1 Å². The van der Waals surface area contributed by atoms with Crippen molar-refractivity contribution in [2.24, 2.45) is 0 Å². The minimum atomic E-state index is -0.922. The molecule has 3 aromatic rings. The summed E-state index contributed by atoms with van der Waals surface area (Å²) >= 11 is 1.30. The number of hydrogen-bond donors (Lipinski definition) is 0. The Morgan fingerprint density at radius 3 is 2.43 bits per heavy atom. The van der Waals surface area contributed by atoms with E-state index in [1.807, 2.05) is 25.3 Å². The van der Waals surface area contributed by atoms with Gasteiger partial charge in [0, 0.05) is 5.56 Å². The van der Waals surface area contributed by atoms with E-state index >= 15 is 0 Å². The first-order valence-corrected chi connectivity index (χ1v) is 9.91. The SMILES string of the molecule is CSc1nc(-c2ccco2)nc(C)c1C(=O)OC(C)C(=O)c1ccc(C)cc1. The molecule has 0 fully saturated rings. The molecule has 28 heavy (non-hydrogen) atoms. The van der Waals surface area contributed by atoms with Crippen molar-refractivity contribution in [3.8, 4) is 11.6 Å². The van der Waals surface area contributed by atoms with Crippen LogP contribution < -0.4 is 0 Å². The molecule has 0 radical (unpaired) electrons. The second kappa shape index (κ2) is 8.39. The zero-order chi connectivity index (χ0) is 20.3. The molecule has 0 aliphatic heterocycles. The molecular weight excluding hydrogens is 376 g/mol. The van der Waals surface area contributed by atoms with Crippen molar-refractivity contribution in [1.29, 1.82) is 0 Å². The van der Waals surface area contributed by atoms with Crippen LogP contribution in [-0.4, -0.2) is 34.1 Å².